The first kappa shape index (κ1) is 20.0. The van der Waals surface area contributed by atoms with Crippen molar-refractivity contribution in [3.8, 4) is 0 Å². The molecule has 0 saturated carbocycles. The second-order valence-corrected chi connectivity index (χ2v) is 6.92. The number of hydrogen-bond acceptors (Lipinski definition) is 9. The van der Waals surface area contributed by atoms with Crippen molar-refractivity contribution in [2.24, 2.45) is 0 Å². The summed E-state index contributed by atoms with van der Waals surface area (Å²) in [4.78, 5) is 18.0. The van der Waals surface area contributed by atoms with Gasteiger partial charge in [-0.2, -0.15) is 9.97 Å². The average Bonchev–Trinajstić information content (AvgIpc) is 3.27. The van der Waals surface area contributed by atoms with Gasteiger partial charge in [-0.1, -0.05) is 30.3 Å². The summed E-state index contributed by atoms with van der Waals surface area (Å²) in [7, 11) is 0. The molecule has 3 aromatic rings. The van der Waals surface area contributed by atoms with Crippen LogP contribution in [0.25, 0.3) is 11.2 Å². The maximum absolute atomic E-state index is 10.3. The van der Waals surface area contributed by atoms with Crippen molar-refractivity contribution in [3.63, 3.8) is 0 Å². The van der Waals surface area contributed by atoms with Crippen molar-refractivity contribution < 1.29 is 24.9 Å². The summed E-state index contributed by atoms with van der Waals surface area (Å²) < 4.78 is 6.96. The third-order valence-corrected chi connectivity index (χ3v) is 4.86. The molecule has 0 aliphatic carbocycles. The molecule has 154 valence electrons. The zero-order valence-corrected chi connectivity index (χ0v) is 16.0. The van der Waals surface area contributed by atoms with Crippen molar-refractivity contribution in [1.82, 2.24) is 19.5 Å². The van der Waals surface area contributed by atoms with E-state index >= 15 is 0 Å². The van der Waals surface area contributed by atoms with Gasteiger partial charge in [0.25, 0.3) is 0 Å². The molecule has 29 heavy (non-hydrogen) atoms. The summed E-state index contributed by atoms with van der Waals surface area (Å²) in [5, 5.41) is 29.5. The van der Waals surface area contributed by atoms with Gasteiger partial charge in [-0.05, 0) is 23.6 Å². The van der Waals surface area contributed by atoms with Gasteiger partial charge in [0.1, 0.15) is 18.3 Å². The number of hydrogen-bond donors (Lipinski definition) is 4. The largest absolute Gasteiger partial charge is 0.394 e. The van der Waals surface area contributed by atoms with E-state index in [-0.39, 0.29) is 16.7 Å². The number of halogens is 1. The van der Waals surface area contributed by atoms with Gasteiger partial charge in [-0.3, -0.25) is 9.40 Å². The Balaban J connectivity index is 1.51. The number of fused-ring (bicyclic) bond motifs is 1. The predicted octanol–water partition coefficient (Wildman–Crippen LogP) is 0.677. The topological polar surface area (TPSA) is 135 Å². The molecule has 0 bridgehead atoms. The molecule has 4 rings (SSSR count). The van der Waals surface area contributed by atoms with Gasteiger partial charge < -0.3 is 20.1 Å². The highest BCUT2D eigenvalue weighted by molar-refractivity contribution is 6.28. The fraction of sp³-hybridized carbons (Fsp3) is 0.389. The molecule has 10 nitrogen and oxygen atoms in total. The molecule has 0 radical (unpaired) electrons. The van der Waals surface area contributed by atoms with Gasteiger partial charge in [0.2, 0.25) is 5.28 Å². The molecule has 4 N–H and O–H groups in total. The first-order valence-electron chi connectivity index (χ1n) is 9.02. The second-order valence-electron chi connectivity index (χ2n) is 6.58. The van der Waals surface area contributed by atoms with Crippen molar-refractivity contribution in [3.05, 3.63) is 47.5 Å². The van der Waals surface area contributed by atoms with Crippen LogP contribution in [0.5, 0.6) is 0 Å². The molecule has 3 heterocycles. The summed E-state index contributed by atoms with van der Waals surface area (Å²) >= 11 is 6.04. The van der Waals surface area contributed by atoms with E-state index in [4.69, 9.17) is 21.2 Å². The molecule has 11 heteroatoms. The van der Waals surface area contributed by atoms with Crippen LogP contribution in [-0.2, 0) is 16.0 Å². The molecule has 1 fully saturated rings. The molecule has 1 saturated heterocycles. The van der Waals surface area contributed by atoms with Crippen molar-refractivity contribution in [2.45, 2.75) is 31.0 Å². The molecule has 0 spiro atoms. The zero-order chi connectivity index (χ0) is 20.4. The molecule has 2 aromatic heterocycles. The second kappa shape index (κ2) is 8.57. The number of aliphatic hydroxyl groups is 3. The number of anilines is 1. The highest BCUT2D eigenvalue weighted by Gasteiger charge is 2.44. The Morgan fingerprint density at radius 1 is 1.17 bits per heavy atom. The standard InChI is InChI=1S/C18H20ClN5O5/c19-18-21-15(23-28-7-6-10-4-2-1-3-5-10)12-16(22-18)24(9-20-12)17-14(27)13(26)11(8-25)29-17/h1-5,9,11,13-14,17,25-27H,6-8H2,(H,21,22,23)/t11-,13-,14-,17-/m1/s1. The van der Waals surface area contributed by atoms with Gasteiger partial charge in [-0.15, -0.1) is 0 Å². The van der Waals surface area contributed by atoms with Crippen molar-refractivity contribution >= 4 is 28.6 Å². The lowest BCUT2D eigenvalue weighted by Gasteiger charge is -2.16. The first-order chi connectivity index (χ1) is 14.1. The summed E-state index contributed by atoms with van der Waals surface area (Å²) in [6.07, 6.45) is -2.30. The maximum atomic E-state index is 10.3. The quantitative estimate of drug-likeness (QED) is 0.246. The van der Waals surface area contributed by atoms with Crippen LogP contribution in [0.1, 0.15) is 11.8 Å². The van der Waals surface area contributed by atoms with Crippen LogP contribution < -0.4 is 5.48 Å². The van der Waals surface area contributed by atoms with E-state index in [1.807, 2.05) is 30.3 Å². The van der Waals surface area contributed by atoms with Gasteiger partial charge in [0.15, 0.2) is 23.2 Å². The van der Waals surface area contributed by atoms with E-state index in [1.54, 1.807) is 0 Å². The molecule has 1 aromatic carbocycles. The summed E-state index contributed by atoms with van der Waals surface area (Å²) in [6.45, 7) is -0.0399. The number of benzene rings is 1. The number of aromatic nitrogens is 4. The normalized spacial score (nSPS) is 24.3. The molecular weight excluding hydrogens is 402 g/mol. The summed E-state index contributed by atoms with van der Waals surface area (Å²) in [5.41, 5.74) is 4.51. The van der Waals surface area contributed by atoms with Crippen LogP contribution in [0.3, 0.4) is 0 Å². The third kappa shape index (κ3) is 4.04. The fourth-order valence-electron chi connectivity index (χ4n) is 3.19. The smallest absolute Gasteiger partial charge is 0.226 e. The minimum absolute atomic E-state index is 0.0554. The minimum atomic E-state index is -1.27. The Kier molecular flexibility index (Phi) is 5.90. The van der Waals surface area contributed by atoms with Crippen LogP contribution in [0.2, 0.25) is 5.28 Å². The minimum Gasteiger partial charge on any atom is -0.394 e. The molecule has 0 amide bonds. The molecular formula is C18H20ClN5O5. The van der Waals surface area contributed by atoms with Crippen molar-refractivity contribution in [2.75, 3.05) is 18.7 Å². The number of imidazole rings is 1. The van der Waals surface area contributed by atoms with Crippen LogP contribution in [0.4, 0.5) is 5.82 Å². The molecule has 4 atom stereocenters. The van der Waals surface area contributed by atoms with Gasteiger partial charge in [0, 0.05) is 0 Å². The Morgan fingerprint density at radius 3 is 2.69 bits per heavy atom. The van der Waals surface area contributed by atoms with E-state index < -0.39 is 31.1 Å². The van der Waals surface area contributed by atoms with Gasteiger partial charge >= 0.3 is 0 Å². The lowest BCUT2D eigenvalue weighted by Crippen LogP contribution is -2.33. The number of nitrogens with zero attached hydrogens (tertiary/aromatic N) is 4. The fourth-order valence-corrected chi connectivity index (χ4v) is 3.35. The lowest BCUT2D eigenvalue weighted by atomic mass is 10.1. The van der Waals surface area contributed by atoms with Crippen LogP contribution in [-0.4, -0.2) is 66.4 Å². The lowest BCUT2D eigenvalue weighted by molar-refractivity contribution is -0.0511. The molecule has 1 aliphatic heterocycles. The van der Waals surface area contributed by atoms with Gasteiger partial charge in [0.05, 0.1) is 19.5 Å². The highest BCUT2D eigenvalue weighted by Crippen LogP contribution is 2.32. The molecule has 1 aliphatic rings. The first-order valence-corrected chi connectivity index (χ1v) is 9.40. The van der Waals surface area contributed by atoms with E-state index in [2.05, 4.69) is 20.4 Å². The highest BCUT2D eigenvalue weighted by atomic mass is 35.5. The number of ether oxygens (including phenoxy) is 1. The third-order valence-electron chi connectivity index (χ3n) is 4.69. The Bertz CT molecular complexity index is 972. The van der Waals surface area contributed by atoms with Crippen LogP contribution in [0.15, 0.2) is 36.7 Å². The SMILES string of the molecule is OC[C@H]1O[C@@H](n2cnc3c(NOCCc4ccccc4)nc(Cl)nc32)[C@H](O)[C@@H]1O. The van der Waals surface area contributed by atoms with Crippen LogP contribution >= 0.6 is 11.6 Å². The van der Waals surface area contributed by atoms with E-state index in [1.165, 1.54) is 10.9 Å². The zero-order valence-electron chi connectivity index (χ0n) is 15.2. The number of aliphatic hydroxyl groups excluding tert-OH is 3. The van der Waals surface area contributed by atoms with E-state index in [9.17, 15) is 15.3 Å². The van der Waals surface area contributed by atoms with E-state index in [0.717, 1.165) is 5.56 Å². The van der Waals surface area contributed by atoms with Crippen molar-refractivity contribution in [1.29, 1.82) is 0 Å². The summed E-state index contributed by atoms with van der Waals surface area (Å²) in [6, 6.07) is 9.88. The number of rotatable bonds is 7. The van der Waals surface area contributed by atoms with E-state index in [0.29, 0.717) is 18.5 Å². The van der Waals surface area contributed by atoms with Crippen LogP contribution in [0, 0.1) is 0 Å². The number of nitrogens with one attached hydrogen (secondary N) is 1. The average molecular weight is 422 g/mol. The van der Waals surface area contributed by atoms with Gasteiger partial charge in [-0.25, -0.2) is 10.5 Å². The Hall–Kier alpha value is -2.34. The summed E-state index contributed by atoms with van der Waals surface area (Å²) in [5.74, 6) is 0.263. The maximum Gasteiger partial charge on any atom is 0.226 e. The Labute approximate surface area is 170 Å². The predicted molar refractivity (Wildman–Crippen MR) is 103 cm³/mol. The Morgan fingerprint density at radius 2 is 1.97 bits per heavy atom. The monoisotopic (exact) mass is 421 g/mol. The molecule has 0 unspecified atom stereocenters.